The maximum atomic E-state index is 5.77. The van der Waals surface area contributed by atoms with Gasteiger partial charge in [0.2, 0.25) is 0 Å². The van der Waals surface area contributed by atoms with Crippen LogP contribution in [0.2, 0.25) is 0 Å². The Morgan fingerprint density at radius 2 is 1.91 bits per heavy atom. The lowest BCUT2D eigenvalue weighted by atomic mass is 10.2. The molecule has 0 saturated carbocycles. The molecule has 0 saturated heterocycles. The first-order valence-corrected chi connectivity index (χ1v) is 7.71. The summed E-state index contributed by atoms with van der Waals surface area (Å²) in [5, 5.41) is 3.41. The van der Waals surface area contributed by atoms with Crippen molar-refractivity contribution >= 4 is 0 Å². The minimum absolute atomic E-state index is 0.133. The van der Waals surface area contributed by atoms with Crippen molar-refractivity contribution < 1.29 is 9.47 Å². The molecule has 4 nitrogen and oxygen atoms in total. The second kappa shape index (κ2) is 8.39. The van der Waals surface area contributed by atoms with Crippen LogP contribution in [0.3, 0.4) is 0 Å². The Bertz CT molecular complexity index is 571. The van der Waals surface area contributed by atoms with Crippen molar-refractivity contribution in [2.24, 2.45) is 0 Å². The fourth-order valence-corrected chi connectivity index (χ4v) is 2.14. The first-order chi connectivity index (χ1) is 10.7. The van der Waals surface area contributed by atoms with Gasteiger partial charge in [-0.2, -0.15) is 0 Å². The Kier molecular flexibility index (Phi) is 6.22. The largest absolute Gasteiger partial charge is 0.490 e. The van der Waals surface area contributed by atoms with E-state index in [1.54, 1.807) is 6.20 Å². The Morgan fingerprint density at radius 3 is 2.59 bits per heavy atom. The molecule has 2 rings (SSSR count). The summed E-state index contributed by atoms with van der Waals surface area (Å²) < 4.78 is 11.5. The lowest BCUT2D eigenvalue weighted by Crippen LogP contribution is -2.13. The SMILES string of the molecule is CCOc1cc(CNCc2cccnc2)ccc1OC(C)C. The Hall–Kier alpha value is -2.07. The molecule has 1 N–H and O–H groups in total. The summed E-state index contributed by atoms with van der Waals surface area (Å²) in [5.41, 5.74) is 2.34. The third-order valence-electron chi connectivity index (χ3n) is 3.05. The molecule has 0 radical (unpaired) electrons. The van der Waals surface area contributed by atoms with Crippen LogP contribution in [-0.4, -0.2) is 17.7 Å². The summed E-state index contributed by atoms with van der Waals surface area (Å²) in [4.78, 5) is 4.11. The number of hydrogen-bond acceptors (Lipinski definition) is 4. The van der Waals surface area contributed by atoms with Crippen LogP contribution in [0.5, 0.6) is 11.5 Å². The highest BCUT2D eigenvalue weighted by Crippen LogP contribution is 2.29. The molecule has 1 aromatic heterocycles. The lowest BCUT2D eigenvalue weighted by Gasteiger charge is -2.15. The standard InChI is InChI=1S/C18H24N2O2/c1-4-21-18-10-15(7-8-17(18)22-14(2)3)11-20-13-16-6-5-9-19-12-16/h5-10,12,14,20H,4,11,13H2,1-3H3. The van der Waals surface area contributed by atoms with Crippen molar-refractivity contribution in [3.8, 4) is 11.5 Å². The molecular formula is C18H24N2O2. The maximum absolute atomic E-state index is 5.77. The predicted octanol–water partition coefficient (Wildman–Crippen LogP) is 3.56. The first-order valence-electron chi connectivity index (χ1n) is 7.71. The number of nitrogens with zero attached hydrogens (tertiary/aromatic N) is 1. The summed E-state index contributed by atoms with van der Waals surface area (Å²) >= 11 is 0. The molecule has 0 amide bonds. The van der Waals surface area contributed by atoms with E-state index >= 15 is 0 Å². The number of pyridine rings is 1. The van der Waals surface area contributed by atoms with Gasteiger partial charge in [0, 0.05) is 25.5 Å². The summed E-state index contributed by atoms with van der Waals surface area (Å²) in [7, 11) is 0. The van der Waals surface area contributed by atoms with Crippen LogP contribution in [-0.2, 0) is 13.1 Å². The average molecular weight is 300 g/mol. The van der Waals surface area contributed by atoms with E-state index < -0.39 is 0 Å². The van der Waals surface area contributed by atoms with Crippen LogP contribution in [0.15, 0.2) is 42.7 Å². The highest BCUT2D eigenvalue weighted by molar-refractivity contribution is 5.43. The van der Waals surface area contributed by atoms with E-state index in [0.29, 0.717) is 6.61 Å². The molecule has 0 atom stereocenters. The van der Waals surface area contributed by atoms with Gasteiger partial charge in [-0.05, 0) is 50.1 Å². The van der Waals surface area contributed by atoms with Gasteiger partial charge in [0.05, 0.1) is 12.7 Å². The van der Waals surface area contributed by atoms with Gasteiger partial charge in [-0.25, -0.2) is 0 Å². The molecule has 0 unspecified atom stereocenters. The highest BCUT2D eigenvalue weighted by Gasteiger charge is 2.08. The average Bonchev–Trinajstić information content (AvgIpc) is 2.51. The van der Waals surface area contributed by atoms with E-state index in [4.69, 9.17) is 9.47 Å². The van der Waals surface area contributed by atoms with Gasteiger partial charge in [0.15, 0.2) is 11.5 Å². The molecule has 0 fully saturated rings. The van der Waals surface area contributed by atoms with Crippen molar-refractivity contribution in [2.75, 3.05) is 6.61 Å². The lowest BCUT2D eigenvalue weighted by molar-refractivity contribution is 0.223. The van der Waals surface area contributed by atoms with E-state index in [0.717, 1.165) is 24.6 Å². The third-order valence-corrected chi connectivity index (χ3v) is 3.05. The van der Waals surface area contributed by atoms with Crippen LogP contribution >= 0.6 is 0 Å². The summed E-state index contributed by atoms with van der Waals surface area (Å²) in [6, 6.07) is 10.1. The van der Waals surface area contributed by atoms with E-state index in [1.807, 2.05) is 45.2 Å². The fraction of sp³-hybridized carbons (Fsp3) is 0.389. The van der Waals surface area contributed by atoms with Crippen LogP contribution in [0.1, 0.15) is 31.9 Å². The van der Waals surface area contributed by atoms with Gasteiger partial charge in [-0.15, -0.1) is 0 Å². The summed E-state index contributed by atoms with van der Waals surface area (Å²) in [5.74, 6) is 1.60. The number of nitrogens with one attached hydrogen (secondary N) is 1. The number of aromatic nitrogens is 1. The Labute approximate surface area is 132 Å². The van der Waals surface area contributed by atoms with Crippen molar-refractivity contribution in [2.45, 2.75) is 40.0 Å². The molecule has 0 spiro atoms. The molecule has 0 aliphatic rings. The monoisotopic (exact) mass is 300 g/mol. The summed E-state index contributed by atoms with van der Waals surface area (Å²) in [6.07, 6.45) is 3.79. The van der Waals surface area contributed by atoms with Crippen molar-refractivity contribution in [1.82, 2.24) is 10.3 Å². The second-order valence-corrected chi connectivity index (χ2v) is 5.35. The van der Waals surface area contributed by atoms with Gasteiger partial charge in [0.25, 0.3) is 0 Å². The molecule has 1 heterocycles. The first kappa shape index (κ1) is 16.3. The van der Waals surface area contributed by atoms with E-state index in [-0.39, 0.29) is 6.10 Å². The molecule has 2 aromatic rings. The number of ether oxygens (including phenoxy) is 2. The zero-order valence-electron chi connectivity index (χ0n) is 13.5. The minimum atomic E-state index is 0.133. The highest BCUT2D eigenvalue weighted by atomic mass is 16.5. The maximum Gasteiger partial charge on any atom is 0.161 e. The quantitative estimate of drug-likeness (QED) is 0.809. The molecule has 22 heavy (non-hydrogen) atoms. The Morgan fingerprint density at radius 1 is 1.09 bits per heavy atom. The number of hydrogen-bond donors (Lipinski definition) is 1. The fourth-order valence-electron chi connectivity index (χ4n) is 2.14. The van der Waals surface area contributed by atoms with E-state index in [2.05, 4.69) is 22.4 Å². The number of rotatable bonds is 8. The molecule has 118 valence electrons. The van der Waals surface area contributed by atoms with Crippen molar-refractivity contribution in [1.29, 1.82) is 0 Å². The zero-order chi connectivity index (χ0) is 15.8. The van der Waals surface area contributed by atoms with Crippen LogP contribution in [0, 0.1) is 0 Å². The Balaban J connectivity index is 1.97. The number of benzene rings is 1. The summed E-state index contributed by atoms with van der Waals surface area (Å²) in [6.45, 7) is 8.20. The van der Waals surface area contributed by atoms with Crippen molar-refractivity contribution in [3.05, 3.63) is 53.9 Å². The van der Waals surface area contributed by atoms with E-state index in [9.17, 15) is 0 Å². The van der Waals surface area contributed by atoms with Crippen LogP contribution in [0.25, 0.3) is 0 Å². The van der Waals surface area contributed by atoms with Gasteiger partial charge in [0.1, 0.15) is 0 Å². The second-order valence-electron chi connectivity index (χ2n) is 5.35. The van der Waals surface area contributed by atoms with Crippen molar-refractivity contribution in [3.63, 3.8) is 0 Å². The van der Waals surface area contributed by atoms with Gasteiger partial charge >= 0.3 is 0 Å². The molecule has 0 bridgehead atoms. The smallest absolute Gasteiger partial charge is 0.161 e. The molecule has 4 heteroatoms. The normalized spacial score (nSPS) is 10.7. The molecule has 0 aliphatic heterocycles. The van der Waals surface area contributed by atoms with Gasteiger partial charge in [-0.1, -0.05) is 12.1 Å². The minimum Gasteiger partial charge on any atom is -0.490 e. The van der Waals surface area contributed by atoms with Crippen LogP contribution < -0.4 is 14.8 Å². The third kappa shape index (κ3) is 5.04. The van der Waals surface area contributed by atoms with E-state index in [1.165, 1.54) is 11.1 Å². The molecule has 1 aromatic carbocycles. The zero-order valence-corrected chi connectivity index (χ0v) is 13.5. The molecule has 0 aliphatic carbocycles. The van der Waals surface area contributed by atoms with Gasteiger partial charge < -0.3 is 14.8 Å². The predicted molar refractivity (Wildman–Crippen MR) is 88.2 cm³/mol. The topological polar surface area (TPSA) is 43.4 Å². The van der Waals surface area contributed by atoms with Gasteiger partial charge in [-0.3, -0.25) is 4.98 Å². The van der Waals surface area contributed by atoms with Crippen LogP contribution in [0.4, 0.5) is 0 Å². The molecular weight excluding hydrogens is 276 g/mol.